The molecule has 0 aliphatic rings. The van der Waals surface area contributed by atoms with Crippen LogP contribution in [0.1, 0.15) is 0 Å². The van der Waals surface area contributed by atoms with Crippen molar-refractivity contribution in [1.29, 1.82) is 0 Å². The molecule has 5 nitrogen and oxygen atoms in total. The Kier molecular flexibility index (Phi) is 3.33. The Balaban J connectivity index is 2.12. The third kappa shape index (κ3) is 2.41. The molecule has 0 unspecified atom stereocenters. The summed E-state index contributed by atoms with van der Waals surface area (Å²) in [5, 5.41) is 0. The monoisotopic (exact) mass is 394 g/mol. The zero-order valence-electron chi connectivity index (χ0n) is 10.5. The fourth-order valence-corrected chi connectivity index (χ4v) is 2.80. The Morgan fingerprint density at radius 3 is 2.64 bits per heavy atom. The van der Waals surface area contributed by atoms with Crippen LogP contribution in [0.15, 0.2) is 41.0 Å². The average Bonchev–Trinajstić information content (AvgIpc) is 2.76. The van der Waals surface area contributed by atoms with Crippen LogP contribution in [0, 0.1) is 0 Å². The SMILES string of the molecule is O=S(=O)(Oc1ccn2c(c1)nc1c(Br)cccc12)C(F)(F)F. The van der Waals surface area contributed by atoms with Gasteiger partial charge in [0.15, 0.2) is 0 Å². The molecule has 0 radical (unpaired) electrons. The van der Waals surface area contributed by atoms with Crippen molar-refractivity contribution in [3.63, 3.8) is 0 Å². The molecule has 0 spiro atoms. The van der Waals surface area contributed by atoms with E-state index in [4.69, 9.17) is 0 Å². The largest absolute Gasteiger partial charge is 0.534 e. The van der Waals surface area contributed by atoms with Crippen LogP contribution in [0.3, 0.4) is 0 Å². The number of aromatic nitrogens is 2. The van der Waals surface area contributed by atoms with E-state index in [1.807, 2.05) is 0 Å². The molecule has 0 bridgehead atoms. The summed E-state index contributed by atoms with van der Waals surface area (Å²) in [6.45, 7) is 0. The van der Waals surface area contributed by atoms with Gasteiger partial charge in [0.25, 0.3) is 0 Å². The third-order valence-electron chi connectivity index (χ3n) is 2.85. The van der Waals surface area contributed by atoms with Crippen LogP contribution in [0.25, 0.3) is 16.7 Å². The predicted octanol–water partition coefficient (Wildman–Crippen LogP) is 3.48. The maximum atomic E-state index is 12.3. The maximum absolute atomic E-state index is 12.3. The number of fused-ring (bicyclic) bond motifs is 3. The number of alkyl halides is 3. The molecule has 0 aliphatic carbocycles. The molecule has 22 heavy (non-hydrogen) atoms. The van der Waals surface area contributed by atoms with Gasteiger partial charge >= 0.3 is 15.6 Å². The Labute approximate surface area is 130 Å². The predicted molar refractivity (Wildman–Crippen MR) is 76.0 cm³/mol. The van der Waals surface area contributed by atoms with Gasteiger partial charge in [-0.25, -0.2) is 4.98 Å². The normalized spacial score (nSPS) is 12.9. The highest BCUT2D eigenvalue weighted by atomic mass is 79.9. The van der Waals surface area contributed by atoms with E-state index in [1.54, 1.807) is 22.6 Å². The van der Waals surface area contributed by atoms with E-state index >= 15 is 0 Å². The second kappa shape index (κ2) is 4.85. The number of hydrogen-bond acceptors (Lipinski definition) is 4. The zero-order valence-corrected chi connectivity index (χ0v) is 12.9. The minimum absolute atomic E-state index is 0.261. The van der Waals surface area contributed by atoms with E-state index in [0.29, 0.717) is 9.99 Å². The molecule has 0 fully saturated rings. The van der Waals surface area contributed by atoms with Crippen LogP contribution in [-0.2, 0) is 10.1 Å². The van der Waals surface area contributed by atoms with Crippen molar-refractivity contribution in [2.24, 2.45) is 0 Å². The topological polar surface area (TPSA) is 60.7 Å². The number of para-hydroxylation sites is 1. The Hall–Kier alpha value is -1.81. The molecular formula is C12H6BrF3N2O3S. The van der Waals surface area contributed by atoms with E-state index in [-0.39, 0.29) is 5.65 Å². The summed E-state index contributed by atoms with van der Waals surface area (Å²) >= 11 is 3.32. The van der Waals surface area contributed by atoms with Gasteiger partial charge in [0.05, 0.1) is 5.52 Å². The van der Waals surface area contributed by atoms with E-state index in [2.05, 4.69) is 25.1 Å². The summed E-state index contributed by atoms with van der Waals surface area (Å²) in [5.74, 6) is -0.462. The quantitative estimate of drug-likeness (QED) is 0.493. The van der Waals surface area contributed by atoms with Crippen molar-refractivity contribution >= 4 is 42.7 Å². The van der Waals surface area contributed by atoms with Crippen molar-refractivity contribution in [1.82, 2.24) is 9.38 Å². The Morgan fingerprint density at radius 1 is 1.23 bits per heavy atom. The standard InChI is InChI=1S/C12H6BrF3N2O3S/c13-8-2-1-3-9-11(8)17-10-6-7(4-5-18(9)10)21-22(19,20)12(14,15)16/h1-6H. The average molecular weight is 395 g/mol. The van der Waals surface area contributed by atoms with Crippen molar-refractivity contribution in [3.05, 3.63) is 41.0 Å². The smallest absolute Gasteiger partial charge is 0.376 e. The molecule has 0 amide bonds. The number of nitrogens with zero attached hydrogens (tertiary/aromatic N) is 2. The second-order valence-electron chi connectivity index (χ2n) is 4.29. The second-order valence-corrected chi connectivity index (χ2v) is 6.69. The summed E-state index contributed by atoms with van der Waals surface area (Å²) in [6, 6.07) is 7.56. The van der Waals surface area contributed by atoms with Gasteiger partial charge < -0.3 is 4.18 Å². The lowest BCUT2D eigenvalue weighted by Crippen LogP contribution is -2.28. The number of benzene rings is 1. The molecule has 3 aromatic rings. The number of imidazole rings is 1. The van der Waals surface area contributed by atoms with E-state index < -0.39 is 21.4 Å². The van der Waals surface area contributed by atoms with Gasteiger partial charge in [-0.05, 0) is 34.1 Å². The molecule has 10 heteroatoms. The van der Waals surface area contributed by atoms with Crippen molar-refractivity contribution in [2.75, 3.05) is 0 Å². The number of halogens is 4. The van der Waals surface area contributed by atoms with Crippen LogP contribution in [0.2, 0.25) is 0 Å². The Morgan fingerprint density at radius 2 is 1.95 bits per heavy atom. The van der Waals surface area contributed by atoms with Crippen LogP contribution < -0.4 is 4.18 Å². The van der Waals surface area contributed by atoms with E-state index in [1.165, 1.54) is 6.20 Å². The van der Waals surface area contributed by atoms with Gasteiger partial charge in [-0.2, -0.15) is 21.6 Å². The molecule has 0 atom stereocenters. The summed E-state index contributed by atoms with van der Waals surface area (Å²) in [7, 11) is -5.70. The summed E-state index contributed by atoms with van der Waals surface area (Å²) in [6.07, 6.45) is 1.39. The first-order valence-corrected chi connectivity index (χ1v) is 7.96. The van der Waals surface area contributed by atoms with E-state index in [0.717, 1.165) is 17.6 Å². The molecule has 0 saturated heterocycles. The molecule has 3 rings (SSSR count). The highest BCUT2D eigenvalue weighted by molar-refractivity contribution is 9.10. The number of pyridine rings is 1. The minimum atomic E-state index is -5.70. The lowest BCUT2D eigenvalue weighted by atomic mass is 10.3. The molecule has 116 valence electrons. The third-order valence-corrected chi connectivity index (χ3v) is 4.47. The molecule has 2 aromatic heterocycles. The summed E-state index contributed by atoms with van der Waals surface area (Å²) in [4.78, 5) is 4.23. The molecule has 0 saturated carbocycles. The fraction of sp³-hybridized carbons (Fsp3) is 0.0833. The lowest BCUT2D eigenvalue weighted by Gasteiger charge is -2.09. The van der Waals surface area contributed by atoms with Crippen LogP contribution >= 0.6 is 15.9 Å². The first-order chi connectivity index (χ1) is 10.2. The van der Waals surface area contributed by atoms with Gasteiger partial charge in [0.1, 0.15) is 16.9 Å². The first-order valence-electron chi connectivity index (χ1n) is 5.76. The van der Waals surface area contributed by atoms with Gasteiger partial charge in [-0.1, -0.05) is 6.07 Å². The maximum Gasteiger partial charge on any atom is 0.534 e. The first kappa shape index (κ1) is 15.1. The minimum Gasteiger partial charge on any atom is -0.376 e. The van der Waals surface area contributed by atoms with Crippen molar-refractivity contribution in [2.45, 2.75) is 5.51 Å². The molecule has 2 heterocycles. The molecule has 0 aliphatic heterocycles. The van der Waals surface area contributed by atoms with Crippen LogP contribution in [-0.4, -0.2) is 23.3 Å². The van der Waals surface area contributed by atoms with Gasteiger partial charge in [-0.3, -0.25) is 4.40 Å². The van der Waals surface area contributed by atoms with Gasteiger partial charge in [0.2, 0.25) is 0 Å². The highest BCUT2D eigenvalue weighted by Crippen LogP contribution is 2.29. The Bertz CT molecular complexity index is 982. The fourth-order valence-electron chi connectivity index (χ4n) is 1.91. The summed E-state index contributed by atoms with van der Waals surface area (Å²) in [5.41, 5.74) is -3.91. The van der Waals surface area contributed by atoms with Crippen molar-refractivity contribution in [3.8, 4) is 5.75 Å². The van der Waals surface area contributed by atoms with E-state index in [9.17, 15) is 21.6 Å². The van der Waals surface area contributed by atoms with Crippen LogP contribution in [0.5, 0.6) is 5.75 Å². The van der Waals surface area contributed by atoms with Gasteiger partial charge in [0, 0.05) is 16.7 Å². The van der Waals surface area contributed by atoms with Crippen molar-refractivity contribution < 1.29 is 25.8 Å². The lowest BCUT2D eigenvalue weighted by molar-refractivity contribution is -0.0500. The molecular weight excluding hydrogens is 389 g/mol. The number of hydrogen-bond donors (Lipinski definition) is 0. The van der Waals surface area contributed by atoms with Crippen LogP contribution in [0.4, 0.5) is 13.2 Å². The van der Waals surface area contributed by atoms with Gasteiger partial charge in [-0.15, -0.1) is 0 Å². The summed E-state index contributed by atoms with van der Waals surface area (Å²) < 4.78 is 65.3. The molecule has 0 N–H and O–H groups in total. The zero-order chi connectivity index (χ0) is 16.1. The molecule has 1 aromatic carbocycles. The highest BCUT2D eigenvalue weighted by Gasteiger charge is 2.48. The number of rotatable bonds is 2.